The lowest BCUT2D eigenvalue weighted by Crippen LogP contribution is -2.26. The number of hydrogen-bond acceptors (Lipinski definition) is 5. The first-order valence-electron chi connectivity index (χ1n) is 6.17. The third-order valence-electron chi connectivity index (χ3n) is 2.96. The number of rotatable bonds is 5. The molecule has 1 N–H and O–H groups in total. The van der Waals surface area contributed by atoms with E-state index in [1.807, 2.05) is 0 Å². The third kappa shape index (κ3) is 3.60. The van der Waals surface area contributed by atoms with Crippen LogP contribution in [-0.2, 0) is 16.1 Å². The van der Waals surface area contributed by atoms with E-state index >= 15 is 0 Å². The van der Waals surface area contributed by atoms with Crippen LogP contribution in [0.25, 0.3) is 0 Å². The molecule has 1 fully saturated rings. The molecular formula is C11H18N4O3S. The SMILES string of the molecule is CN(C)C(=O)CSc1n[nH]c(=O)n1CC1CCCO1. The number of aromatic amines is 1. The summed E-state index contributed by atoms with van der Waals surface area (Å²) in [6.45, 7) is 1.24. The molecule has 106 valence electrons. The molecule has 2 heterocycles. The molecule has 0 aliphatic carbocycles. The number of carbonyl (C=O) groups is 1. The van der Waals surface area contributed by atoms with Crippen LogP contribution in [0.2, 0.25) is 0 Å². The van der Waals surface area contributed by atoms with E-state index < -0.39 is 0 Å². The highest BCUT2D eigenvalue weighted by Gasteiger charge is 2.20. The van der Waals surface area contributed by atoms with Crippen molar-refractivity contribution in [2.45, 2.75) is 30.6 Å². The molecule has 0 radical (unpaired) electrons. The van der Waals surface area contributed by atoms with Gasteiger partial charge in [0, 0.05) is 20.7 Å². The first-order chi connectivity index (χ1) is 9.08. The van der Waals surface area contributed by atoms with Gasteiger partial charge < -0.3 is 9.64 Å². The number of amides is 1. The van der Waals surface area contributed by atoms with Crippen molar-refractivity contribution in [3.8, 4) is 0 Å². The Hall–Kier alpha value is -1.28. The maximum absolute atomic E-state index is 11.7. The number of carbonyl (C=O) groups excluding carboxylic acids is 1. The van der Waals surface area contributed by atoms with Gasteiger partial charge in [-0.2, -0.15) is 0 Å². The normalized spacial score (nSPS) is 18.7. The summed E-state index contributed by atoms with van der Waals surface area (Å²) in [7, 11) is 3.40. The van der Waals surface area contributed by atoms with Crippen molar-refractivity contribution in [1.29, 1.82) is 0 Å². The van der Waals surface area contributed by atoms with Gasteiger partial charge in [0.25, 0.3) is 0 Å². The van der Waals surface area contributed by atoms with E-state index in [1.54, 1.807) is 18.7 Å². The Kier molecular flexibility index (Phi) is 4.65. The lowest BCUT2D eigenvalue weighted by atomic mass is 10.2. The van der Waals surface area contributed by atoms with Crippen LogP contribution >= 0.6 is 11.8 Å². The molecule has 0 aromatic carbocycles. The Bertz CT molecular complexity index is 490. The van der Waals surface area contributed by atoms with Crippen molar-refractivity contribution in [2.75, 3.05) is 26.5 Å². The topological polar surface area (TPSA) is 80.2 Å². The summed E-state index contributed by atoms with van der Waals surface area (Å²) in [6.07, 6.45) is 2.05. The molecule has 2 rings (SSSR count). The largest absolute Gasteiger partial charge is 0.376 e. The van der Waals surface area contributed by atoms with Gasteiger partial charge in [-0.3, -0.25) is 9.36 Å². The van der Waals surface area contributed by atoms with Crippen molar-refractivity contribution in [3.63, 3.8) is 0 Å². The first-order valence-corrected chi connectivity index (χ1v) is 7.16. The van der Waals surface area contributed by atoms with E-state index in [2.05, 4.69) is 10.2 Å². The van der Waals surface area contributed by atoms with Gasteiger partial charge in [0.2, 0.25) is 5.91 Å². The summed E-state index contributed by atoms with van der Waals surface area (Å²) < 4.78 is 7.06. The van der Waals surface area contributed by atoms with Crippen LogP contribution in [0, 0.1) is 0 Å². The van der Waals surface area contributed by atoms with Gasteiger partial charge in [-0.1, -0.05) is 11.8 Å². The molecular weight excluding hydrogens is 268 g/mol. The molecule has 1 aromatic rings. The maximum atomic E-state index is 11.7. The predicted octanol–water partition coefficient (Wildman–Crippen LogP) is -0.0693. The summed E-state index contributed by atoms with van der Waals surface area (Å²) >= 11 is 1.26. The van der Waals surface area contributed by atoms with Crippen LogP contribution in [0.5, 0.6) is 0 Å². The summed E-state index contributed by atoms with van der Waals surface area (Å²) in [5.74, 6) is 0.257. The van der Waals surface area contributed by atoms with Crippen LogP contribution in [0.3, 0.4) is 0 Å². The Morgan fingerprint density at radius 1 is 1.63 bits per heavy atom. The first kappa shape index (κ1) is 14.1. The smallest absolute Gasteiger partial charge is 0.344 e. The van der Waals surface area contributed by atoms with Gasteiger partial charge in [-0.25, -0.2) is 9.89 Å². The third-order valence-corrected chi connectivity index (χ3v) is 3.92. The van der Waals surface area contributed by atoms with Crippen molar-refractivity contribution in [2.24, 2.45) is 0 Å². The highest BCUT2D eigenvalue weighted by Crippen LogP contribution is 2.18. The van der Waals surface area contributed by atoms with Crippen LogP contribution in [0.1, 0.15) is 12.8 Å². The van der Waals surface area contributed by atoms with Crippen LogP contribution in [0.4, 0.5) is 0 Å². The van der Waals surface area contributed by atoms with E-state index in [4.69, 9.17) is 4.74 Å². The minimum absolute atomic E-state index is 0.0101. The number of hydrogen-bond donors (Lipinski definition) is 1. The molecule has 1 saturated heterocycles. The second-order valence-electron chi connectivity index (χ2n) is 4.63. The van der Waals surface area contributed by atoms with Crippen LogP contribution < -0.4 is 5.69 Å². The average molecular weight is 286 g/mol. The molecule has 1 unspecified atom stereocenters. The van der Waals surface area contributed by atoms with E-state index in [-0.39, 0.29) is 23.5 Å². The van der Waals surface area contributed by atoms with Crippen LogP contribution in [0.15, 0.2) is 9.95 Å². The Morgan fingerprint density at radius 2 is 2.42 bits per heavy atom. The Balaban J connectivity index is 2.00. The highest BCUT2D eigenvalue weighted by atomic mass is 32.2. The lowest BCUT2D eigenvalue weighted by Gasteiger charge is -2.12. The number of aromatic nitrogens is 3. The lowest BCUT2D eigenvalue weighted by molar-refractivity contribution is -0.125. The average Bonchev–Trinajstić information content (AvgIpc) is 2.99. The Labute approximate surface area is 115 Å². The zero-order valence-electron chi connectivity index (χ0n) is 11.1. The molecule has 1 aliphatic rings. The van der Waals surface area contributed by atoms with E-state index in [0.29, 0.717) is 11.7 Å². The van der Waals surface area contributed by atoms with Crippen molar-refractivity contribution in [1.82, 2.24) is 19.7 Å². The standard InChI is InChI=1S/C11H18N4O3S/c1-14(2)9(16)7-19-11-13-12-10(17)15(11)6-8-4-3-5-18-8/h8H,3-7H2,1-2H3,(H,12,17). The summed E-state index contributed by atoms with van der Waals surface area (Å²) in [5, 5.41) is 6.91. The number of H-pyrrole nitrogens is 1. The van der Waals surface area contributed by atoms with E-state index in [0.717, 1.165) is 19.4 Å². The molecule has 1 amide bonds. The molecule has 0 saturated carbocycles. The number of thioether (sulfide) groups is 1. The fourth-order valence-electron chi connectivity index (χ4n) is 1.82. The molecule has 1 aromatic heterocycles. The molecule has 8 heteroatoms. The fraction of sp³-hybridized carbons (Fsp3) is 0.727. The van der Waals surface area contributed by atoms with E-state index in [1.165, 1.54) is 16.7 Å². The van der Waals surface area contributed by atoms with E-state index in [9.17, 15) is 9.59 Å². The minimum Gasteiger partial charge on any atom is -0.376 e. The predicted molar refractivity (Wildman–Crippen MR) is 71.2 cm³/mol. The monoisotopic (exact) mass is 286 g/mol. The second kappa shape index (κ2) is 6.25. The summed E-state index contributed by atoms with van der Waals surface area (Å²) in [5.41, 5.74) is -0.254. The molecule has 1 aliphatic heterocycles. The number of ether oxygens (including phenoxy) is 1. The minimum atomic E-state index is -0.254. The van der Waals surface area contributed by atoms with Gasteiger partial charge in [0.15, 0.2) is 5.16 Å². The van der Waals surface area contributed by atoms with Gasteiger partial charge in [0.1, 0.15) is 0 Å². The highest BCUT2D eigenvalue weighted by molar-refractivity contribution is 7.99. The molecule has 19 heavy (non-hydrogen) atoms. The maximum Gasteiger partial charge on any atom is 0.344 e. The quantitative estimate of drug-likeness (QED) is 0.767. The molecule has 7 nitrogen and oxygen atoms in total. The van der Waals surface area contributed by atoms with Gasteiger partial charge in [0.05, 0.1) is 18.4 Å². The molecule has 0 bridgehead atoms. The summed E-state index contributed by atoms with van der Waals surface area (Å²) in [4.78, 5) is 24.7. The van der Waals surface area contributed by atoms with Gasteiger partial charge in [-0.05, 0) is 12.8 Å². The Morgan fingerprint density at radius 3 is 3.05 bits per heavy atom. The molecule has 1 atom stereocenters. The van der Waals surface area contributed by atoms with Gasteiger partial charge in [-0.15, -0.1) is 5.10 Å². The number of nitrogens with one attached hydrogen (secondary N) is 1. The summed E-state index contributed by atoms with van der Waals surface area (Å²) in [6, 6.07) is 0. The molecule has 0 spiro atoms. The van der Waals surface area contributed by atoms with Gasteiger partial charge >= 0.3 is 5.69 Å². The van der Waals surface area contributed by atoms with Crippen molar-refractivity contribution in [3.05, 3.63) is 10.5 Å². The fourth-order valence-corrected chi connectivity index (χ4v) is 2.76. The second-order valence-corrected chi connectivity index (χ2v) is 5.58. The van der Waals surface area contributed by atoms with Crippen molar-refractivity contribution >= 4 is 17.7 Å². The van der Waals surface area contributed by atoms with Crippen LogP contribution in [-0.4, -0.2) is 58.1 Å². The van der Waals surface area contributed by atoms with Crippen molar-refractivity contribution < 1.29 is 9.53 Å². The zero-order valence-corrected chi connectivity index (χ0v) is 11.9. The number of nitrogens with zero attached hydrogens (tertiary/aromatic N) is 3. The zero-order chi connectivity index (χ0) is 13.8.